The van der Waals surface area contributed by atoms with Gasteiger partial charge in [0.1, 0.15) is 0 Å². The van der Waals surface area contributed by atoms with Gasteiger partial charge in [-0.25, -0.2) is 0 Å². The van der Waals surface area contributed by atoms with Gasteiger partial charge in [0.25, 0.3) is 0 Å². The second-order valence-electron chi connectivity index (χ2n) is 8.28. The van der Waals surface area contributed by atoms with Crippen LogP contribution < -0.4 is 9.80 Å². The zero-order valence-corrected chi connectivity index (χ0v) is 16.0. The normalized spacial score (nSPS) is 29.6. The van der Waals surface area contributed by atoms with E-state index < -0.39 is 0 Å². The van der Waals surface area contributed by atoms with E-state index in [1.165, 1.54) is 22.1 Å². The van der Waals surface area contributed by atoms with E-state index in [0.717, 1.165) is 52.6 Å². The molecular weight excluding hydrogens is 356 g/mol. The molecule has 6 heteroatoms. The fourth-order valence-corrected chi connectivity index (χ4v) is 4.05. The summed E-state index contributed by atoms with van der Waals surface area (Å²) in [7, 11) is 0. The van der Waals surface area contributed by atoms with Crippen LogP contribution in [0.2, 0.25) is 0 Å². The molecule has 0 aliphatic carbocycles. The number of fused-ring (bicyclic) bond motifs is 1. The molecule has 0 radical (unpaired) electrons. The molecule has 4 fully saturated rings. The molecule has 6 rings (SSSR count). The molecular formula is C22H26N2O4. The second-order valence-corrected chi connectivity index (χ2v) is 8.28. The molecule has 148 valence electrons. The maximum absolute atomic E-state index is 5.52. The largest absolute Gasteiger partial charge is 0.371 e. The van der Waals surface area contributed by atoms with Crippen molar-refractivity contribution in [1.82, 2.24) is 0 Å². The lowest BCUT2D eigenvalue weighted by Crippen LogP contribution is -2.32. The molecule has 4 heterocycles. The second kappa shape index (κ2) is 6.88. The summed E-state index contributed by atoms with van der Waals surface area (Å²) in [5.74, 6) is 0. The zero-order valence-electron chi connectivity index (χ0n) is 16.0. The topological polar surface area (TPSA) is 56.6 Å². The van der Waals surface area contributed by atoms with Crippen molar-refractivity contribution in [3.8, 4) is 0 Å². The third kappa shape index (κ3) is 3.82. The van der Waals surface area contributed by atoms with Gasteiger partial charge in [-0.05, 0) is 12.1 Å². The molecule has 4 aliphatic heterocycles. The Kier molecular flexibility index (Phi) is 4.19. The van der Waals surface area contributed by atoms with E-state index in [9.17, 15) is 0 Å². The summed E-state index contributed by atoms with van der Waals surface area (Å²) in [6.07, 6.45) is 1.42. The number of hydrogen-bond acceptors (Lipinski definition) is 6. The Morgan fingerprint density at radius 2 is 0.893 bits per heavy atom. The molecule has 4 unspecified atom stereocenters. The Hall–Kier alpha value is -1.86. The van der Waals surface area contributed by atoms with Crippen molar-refractivity contribution < 1.29 is 18.9 Å². The minimum absolute atomic E-state index is 0.354. The predicted octanol–water partition coefficient (Wildman–Crippen LogP) is 2.05. The van der Waals surface area contributed by atoms with Crippen molar-refractivity contribution >= 4 is 22.1 Å². The Bertz CT molecular complexity index is 759. The average molecular weight is 382 g/mol. The fourth-order valence-electron chi connectivity index (χ4n) is 4.05. The van der Waals surface area contributed by atoms with Crippen molar-refractivity contribution in [3.63, 3.8) is 0 Å². The summed E-state index contributed by atoms with van der Waals surface area (Å²) in [6.45, 7) is 7.20. The number of benzene rings is 2. The molecule has 0 aromatic heterocycles. The van der Waals surface area contributed by atoms with E-state index in [1.54, 1.807) is 0 Å². The fraction of sp³-hybridized carbons (Fsp3) is 0.545. The third-order valence-corrected chi connectivity index (χ3v) is 5.86. The van der Waals surface area contributed by atoms with Crippen LogP contribution in [-0.2, 0) is 18.9 Å². The number of hydrogen-bond donors (Lipinski definition) is 0. The van der Waals surface area contributed by atoms with Gasteiger partial charge in [0, 0.05) is 48.3 Å². The Morgan fingerprint density at radius 1 is 0.571 bits per heavy atom. The summed E-state index contributed by atoms with van der Waals surface area (Å²) in [6, 6.07) is 13.3. The minimum atomic E-state index is 0.354. The standard InChI is InChI=1S/C22H26N2O4/c1-3-19-20(21(5-1)23(7-15-11-25-15)8-16-12-26-16)4-2-6-22(19)24(9-17-13-27-17)10-18-14-28-18/h1-6,15-18H,7-14H2. The van der Waals surface area contributed by atoms with Crippen LogP contribution in [0.25, 0.3) is 10.8 Å². The molecule has 0 N–H and O–H groups in total. The van der Waals surface area contributed by atoms with E-state index in [1.807, 2.05) is 0 Å². The van der Waals surface area contributed by atoms with Gasteiger partial charge in [0.05, 0.1) is 50.8 Å². The first-order valence-electron chi connectivity index (χ1n) is 10.3. The predicted molar refractivity (Wildman–Crippen MR) is 107 cm³/mol. The molecule has 0 saturated carbocycles. The van der Waals surface area contributed by atoms with Gasteiger partial charge in [0.2, 0.25) is 0 Å². The molecule has 2 aromatic carbocycles. The maximum Gasteiger partial charge on any atom is 0.0984 e. The lowest BCUT2D eigenvalue weighted by Gasteiger charge is -2.28. The monoisotopic (exact) mass is 382 g/mol. The van der Waals surface area contributed by atoms with Gasteiger partial charge in [0.15, 0.2) is 0 Å². The summed E-state index contributed by atoms with van der Waals surface area (Å²) in [4.78, 5) is 4.89. The Morgan fingerprint density at radius 3 is 1.18 bits per heavy atom. The van der Waals surface area contributed by atoms with Crippen LogP contribution in [0.3, 0.4) is 0 Å². The van der Waals surface area contributed by atoms with Gasteiger partial charge in [-0.15, -0.1) is 0 Å². The lowest BCUT2D eigenvalue weighted by atomic mass is 10.0. The number of ether oxygens (including phenoxy) is 4. The molecule has 4 aliphatic rings. The van der Waals surface area contributed by atoms with Crippen LogP contribution in [0.15, 0.2) is 36.4 Å². The van der Waals surface area contributed by atoms with Crippen molar-refractivity contribution in [3.05, 3.63) is 36.4 Å². The van der Waals surface area contributed by atoms with E-state index in [0.29, 0.717) is 24.4 Å². The summed E-state index contributed by atoms with van der Waals surface area (Å²) in [5, 5.41) is 2.58. The smallest absolute Gasteiger partial charge is 0.0984 e. The van der Waals surface area contributed by atoms with Crippen LogP contribution >= 0.6 is 0 Å². The SMILES string of the molecule is c1cc(N(CC2CO2)CC2CO2)c2cccc(N(CC3CO3)CC3CO3)c2c1. The van der Waals surface area contributed by atoms with E-state index >= 15 is 0 Å². The molecule has 28 heavy (non-hydrogen) atoms. The van der Waals surface area contributed by atoms with Gasteiger partial charge >= 0.3 is 0 Å². The molecule has 6 nitrogen and oxygen atoms in total. The summed E-state index contributed by atoms with van der Waals surface area (Å²) >= 11 is 0. The number of rotatable bonds is 10. The number of anilines is 2. The highest BCUT2D eigenvalue weighted by molar-refractivity contribution is 6.02. The van der Waals surface area contributed by atoms with E-state index in [-0.39, 0.29) is 0 Å². The highest BCUT2D eigenvalue weighted by Crippen LogP contribution is 2.36. The van der Waals surface area contributed by atoms with Gasteiger partial charge in [-0.3, -0.25) is 0 Å². The van der Waals surface area contributed by atoms with Crippen LogP contribution in [0.4, 0.5) is 11.4 Å². The minimum Gasteiger partial charge on any atom is -0.371 e. The average Bonchev–Trinajstić information content (AvgIpc) is 3.55. The zero-order chi connectivity index (χ0) is 18.5. The van der Waals surface area contributed by atoms with Crippen molar-refractivity contribution in [2.75, 3.05) is 62.4 Å². The summed E-state index contributed by atoms with van der Waals surface area (Å²) < 4.78 is 22.1. The number of nitrogens with zero attached hydrogens (tertiary/aromatic N) is 2. The molecule has 4 atom stereocenters. The molecule has 2 aromatic rings. The van der Waals surface area contributed by atoms with Crippen LogP contribution in [0.5, 0.6) is 0 Å². The number of epoxide rings is 4. The molecule has 0 bridgehead atoms. The van der Waals surface area contributed by atoms with Gasteiger partial charge in [-0.1, -0.05) is 24.3 Å². The van der Waals surface area contributed by atoms with E-state index in [2.05, 4.69) is 46.2 Å². The molecule has 0 spiro atoms. The maximum atomic E-state index is 5.52. The van der Waals surface area contributed by atoms with Gasteiger partial charge < -0.3 is 28.7 Å². The Balaban J connectivity index is 1.36. The lowest BCUT2D eigenvalue weighted by molar-refractivity contribution is 0.388. The highest BCUT2D eigenvalue weighted by Gasteiger charge is 2.33. The quantitative estimate of drug-likeness (QED) is 0.586. The van der Waals surface area contributed by atoms with Gasteiger partial charge in [-0.2, -0.15) is 0 Å². The Labute approximate surface area is 164 Å². The van der Waals surface area contributed by atoms with Crippen molar-refractivity contribution in [2.24, 2.45) is 0 Å². The van der Waals surface area contributed by atoms with Crippen molar-refractivity contribution in [2.45, 2.75) is 24.4 Å². The summed E-state index contributed by atoms with van der Waals surface area (Å²) in [5.41, 5.74) is 2.55. The first kappa shape index (κ1) is 17.0. The third-order valence-electron chi connectivity index (χ3n) is 5.86. The molecule has 0 amide bonds. The van der Waals surface area contributed by atoms with Crippen LogP contribution in [-0.4, -0.2) is 77.0 Å². The van der Waals surface area contributed by atoms with Crippen molar-refractivity contribution in [1.29, 1.82) is 0 Å². The highest BCUT2D eigenvalue weighted by atomic mass is 16.6. The molecule has 4 saturated heterocycles. The first-order valence-corrected chi connectivity index (χ1v) is 10.3. The van der Waals surface area contributed by atoms with E-state index in [4.69, 9.17) is 18.9 Å². The van der Waals surface area contributed by atoms with Crippen LogP contribution in [0, 0.1) is 0 Å². The van der Waals surface area contributed by atoms with Crippen LogP contribution in [0.1, 0.15) is 0 Å². The first-order chi connectivity index (χ1) is 13.8.